The topological polar surface area (TPSA) is 85.3 Å². The van der Waals surface area contributed by atoms with Crippen molar-refractivity contribution in [1.29, 1.82) is 5.26 Å². The number of carbonyl (C=O) groups is 1. The van der Waals surface area contributed by atoms with E-state index >= 15 is 0 Å². The highest BCUT2D eigenvalue weighted by molar-refractivity contribution is 5.93. The molecule has 0 heterocycles. The number of nitrogens with two attached hydrogens (primary N) is 1. The normalized spacial score (nSPS) is 15.4. The lowest BCUT2D eigenvalue weighted by Gasteiger charge is -2.13. The second-order valence-electron chi connectivity index (χ2n) is 4.87. The van der Waals surface area contributed by atoms with Crippen LogP contribution in [0.5, 0.6) is 5.75 Å². The molecule has 0 unspecified atom stereocenters. The second-order valence-corrected chi connectivity index (χ2v) is 4.87. The number of nitriles is 1. The fourth-order valence-corrected chi connectivity index (χ4v) is 1.89. The highest BCUT2D eigenvalue weighted by atomic mass is 16.5. The van der Waals surface area contributed by atoms with Gasteiger partial charge in [-0.25, -0.2) is 4.79 Å². The number of rotatable bonds is 5. The van der Waals surface area contributed by atoms with Crippen LogP contribution in [-0.4, -0.2) is 19.7 Å². The maximum absolute atomic E-state index is 12.0. The predicted molar refractivity (Wildman–Crippen MR) is 69.6 cm³/mol. The molecule has 0 bridgehead atoms. The minimum Gasteiger partial charge on any atom is -0.496 e. The van der Waals surface area contributed by atoms with Crippen molar-refractivity contribution in [2.24, 2.45) is 5.41 Å². The van der Waals surface area contributed by atoms with Gasteiger partial charge in [-0.05, 0) is 25.0 Å². The summed E-state index contributed by atoms with van der Waals surface area (Å²) in [4.78, 5) is 12.0. The molecule has 5 nitrogen and oxygen atoms in total. The number of ether oxygens (including phenoxy) is 2. The zero-order chi connectivity index (χ0) is 13.9. The molecule has 0 saturated heterocycles. The second kappa shape index (κ2) is 5.19. The first-order valence-electron chi connectivity index (χ1n) is 6.08. The Bertz CT molecular complexity index is 530. The van der Waals surface area contributed by atoms with Gasteiger partial charge in [0.25, 0.3) is 0 Å². The van der Waals surface area contributed by atoms with Crippen molar-refractivity contribution in [2.75, 3.05) is 19.5 Å². The molecule has 1 aromatic carbocycles. The van der Waals surface area contributed by atoms with Crippen molar-refractivity contribution < 1.29 is 14.3 Å². The molecular weight excluding hydrogens is 244 g/mol. The van der Waals surface area contributed by atoms with E-state index in [-0.39, 0.29) is 12.0 Å². The number of nitrogen functional groups attached to an aromatic ring is 1. The molecule has 5 heteroatoms. The van der Waals surface area contributed by atoms with Crippen LogP contribution in [0.3, 0.4) is 0 Å². The summed E-state index contributed by atoms with van der Waals surface area (Å²) in [6, 6.07) is 6.92. The maximum Gasteiger partial charge on any atom is 0.341 e. The lowest BCUT2D eigenvalue weighted by Crippen LogP contribution is -2.15. The monoisotopic (exact) mass is 260 g/mol. The van der Waals surface area contributed by atoms with E-state index in [0.29, 0.717) is 23.4 Å². The third-order valence-corrected chi connectivity index (χ3v) is 3.37. The number of carbonyl (C=O) groups excluding carboxylic acids is 1. The zero-order valence-corrected chi connectivity index (χ0v) is 10.8. The van der Waals surface area contributed by atoms with E-state index in [0.717, 1.165) is 12.8 Å². The summed E-state index contributed by atoms with van der Waals surface area (Å²) in [5.41, 5.74) is 6.38. The van der Waals surface area contributed by atoms with Crippen LogP contribution in [0, 0.1) is 16.7 Å². The average molecular weight is 260 g/mol. The van der Waals surface area contributed by atoms with Crippen LogP contribution in [0.2, 0.25) is 0 Å². The SMILES string of the molecule is COc1cc(N)ccc1C(=O)OCC1(CC#N)CC1. The van der Waals surface area contributed by atoms with Crippen molar-refractivity contribution in [3.8, 4) is 11.8 Å². The van der Waals surface area contributed by atoms with E-state index < -0.39 is 5.97 Å². The van der Waals surface area contributed by atoms with Gasteiger partial charge in [-0.3, -0.25) is 0 Å². The van der Waals surface area contributed by atoms with E-state index in [1.165, 1.54) is 7.11 Å². The van der Waals surface area contributed by atoms with Crippen LogP contribution in [0.4, 0.5) is 5.69 Å². The number of methoxy groups -OCH3 is 1. The minimum atomic E-state index is -0.443. The van der Waals surface area contributed by atoms with Gasteiger partial charge in [0.15, 0.2) is 0 Å². The molecule has 1 aliphatic rings. The first-order valence-corrected chi connectivity index (χ1v) is 6.08. The Kier molecular flexibility index (Phi) is 3.61. The van der Waals surface area contributed by atoms with Gasteiger partial charge in [-0.15, -0.1) is 0 Å². The summed E-state index contributed by atoms with van der Waals surface area (Å²) >= 11 is 0. The zero-order valence-electron chi connectivity index (χ0n) is 10.8. The number of esters is 1. The van der Waals surface area contributed by atoms with E-state index in [1.807, 2.05) is 0 Å². The lowest BCUT2D eigenvalue weighted by atomic mass is 10.1. The number of anilines is 1. The predicted octanol–water partition coefficient (Wildman–Crippen LogP) is 2.13. The lowest BCUT2D eigenvalue weighted by molar-refractivity contribution is 0.0416. The van der Waals surface area contributed by atoms with Crippen molar-refractivity contribution in [1.82, 2.24) is 0 Å². The molecule has 0 aliphatic heterocycles. The highest BCUT2D eigenvalue weighted by Gasteiger charge is 2.43. The third kappa shape index (κ3) is 2.97. The minimum absolute atomic E-state index is 0.120. The molecule has 0 aromatic heterocycles. The molecule has 0 spiro atoms. The van der Waals surface area contributed by atoms with Crippen LogP contribution in [-0.2, 0) is 4.74 Å². The van der Waals surface area contributed by atoms with E-state index in [1.54, 1.807) is 18.2 Å². The Morgan fingerprint density at radius 1 is 1.53 bits per heavy atom. The number of hydrogen-bond donors (Lipinski definition) is 1. The summed E-state index contributed by atoms with van der Waals surface area (Å²) < 4.78 is 10.4. The Labute approximate surface area is 111 Å². The number of benzene rings is 1. The first-order chi connectivity index (χ1) is 9.10. The van der Waals surface area contributed by atoms with Gasteiger partial charge in [0.1, 0.15) is 11.3 Å². The Hall–Kier alpha value is -2.22. The molecular formula is C14H16N2O3. The fraction of sp³-hybridized carbons (Fsp3) is 0.429. The quantitative estimate of drug-likeness (QED) is 0.647. The van der Waals surface area contributed by atoms with E-state index in [4.69, 9.17) is 20.5 Å². The molecule has 1 aromatic rings. The first kappa shape index (κ1) is 13.2. The molecule has 0 atom stereocenters. The van der Waals surface area contributed by atoms with Gasteiger partial charge in [-0.1, -0.05) is 0 Å². The highest BCUT2D eigenvalue weighted by Crippen LogP contribution is 2.48. The van der Waals surface area contributed by atoms with Crippen molar-refractivity contribution in [3.05, 3.63) is 23.8 Å². The molecule has 2 N–H and O–H groups in total. The third-order valence-electron chi connectivity index (χ3n) is 3.37. The molecule has 100 valence electrons. The summed E-state index contributed by atoms with van der Waals surface area (Å²) in [7, 11) is 1.48. The van der Waals surface area contributed by atoms with Gasteiger partial charge in [0.2, 0.25) is 0 Å². The molecule has 19 heavy (non-hydrogen) atoms. The van der Waals surface area contributed by atoms with Gasteiger partial charge >= 0.3 is 5.97 Å². The summed E-state index contributed by atoms with van der Waals surface area (Å²) in [6.45, 7) is 0.285. The average Bonchev–Trinajstić information content (AvgIpc) is 3.16. The molecule has 2 rings (SSSR count). The standard InChI is InChI=1S/C14H16N2O3/c1-18-12-8-10(16)2-3-11(12)13(17)19-9-14(4-5-14)6-7-15/h2-3,8H,4-6,9,16H2,1H3. The van der Waals surface area contributed by atoms with Crippen molar-refractivity contribution >= 4 is 11.7 Å². The molecule has 1 saturated carbocycles. The summed E-state index contributed by atoms with van der Waals surface area (Å²) in [5, 5.41) is 8.71. The smallest absolute Gasteiger partial charge is 0.341 e. The van der Waals surface area contributed by atoms with Crippen molar-refractivity contribution in [3.63, 3.8) is 0 Å². The Morgan fingerprint density at radius 2 is 2.26 bits per heavy atom. The van der Waals surface area contributed by atoms with E-state index in [2.05, 4.69) is 6.07 Å². The largest absolute Gasteiger partial charge is 0.496 e. The van der Waals surface area contributed by atoms with E-state index in [9.17, 15) is 4.79 Å². The summed E-state index contributed by atoms with van der Waals surface area (Å²) in [6.07, 6.45) is 2.30. The van der Waals surface area contributed by atoms with Crippen LogP contribution in [0.1, 0.15) is 29.6 Å². The number of hydrogen-bond acceptors (Lipinski definition) is 5. The van der Waals surface area contributed by atoms with Crippen LogP contribution in [0.15, 0.2) is 18.2 Å². The van der Waals surface area contributed by atoms with Crippen LogP contribution >= 0.6 is 0 Å². The molecule has 0 radical (unpaired) electrons. The van der Waals surface area contributed by atoms with Gasteiger partial charge in [-0.2, -0.15) is 5.26 Å². The van der Waals surface area contributed by atoms with Crippen molar-refractivity contribution in [2.45, 2.75) is 19.3 Å². The fourth-order valence-electron chi connectivity index (χ4n) is 1.89. The maximum atomic E-state index is 12.0. The number of nitrogens with zero attached hydrogens (tertiary/aromatic N) is 1. The van der Waals surface area contributed by atoms with Crippen LogP contribution in [0.25, 0.3) is 0 Å². The molecule has 1 fully saturated rings. The Morgan fingerprint density at radius 3 is 2.84 bits per heavy atom. The summed E-state index contributed by atoms with van der Waals surface area (Å²) in [5.74, 6) is -0.0452. The Balaban J connectivity index is 2.03. The van der Waals surface area contributed by atoms with Gasteiger partial charge in [0, 0.05) is 23.6 Å². The molecule has 0 amide bonds. The van der Waals surface area contributed by atoms with Gasteiger partial charge < -0.3 is 15.2 Å². The van der Waals surface area contributed by atoms with Crippen LogP contribution < -0.4 is 10.5 Å². The molecule has 1 aliphatic carbocycles. The van der Waals surface area contributed by atoms with Gasteiger partial charge in [0.05, 0.1) is 19.8 Å².